The largest absolute Gasteiger partial charge is 0.455 e. The Hall–Kier alpha value is -7.89. The molecule has 12 rings (SSSR count). The average molecular weight is 741 g/mol. The van der Waals surface area contributed by atoms with Crippen molar-refractivity contribution in [3.63, 3.8) is 0 Å². The minimum atomic E-state index is 0.634. The van der Waals surface area contributed by atoms with Crippen LogP contribution in [0.25, 0.3) is 116 Å². The van der Waals surface area contributed by atoms with Gasteiger partial charge in [0.05, 0.1) is 33.6 Å². The summed E-state index contributed by atoms with van der Waals surface area (Å²) in [4.78, 5) is 15.6. The van der Waals surface area contributed by atoms with Gasteiger partial charge in [-0.05, 0) is 42.0 Å². The molecule has 0 saturated carbocycles. The molecule has 8 aromatic carbocycles. The van der Waals surface area contributed by atoms with Gasteiger partial charge in [-0.3, -0.25) is 4.57 Å². The molecule has 0 spiro atoms. The van der Waals surface area contributed by atoms with Crippen LogP contribution in [0.5, 0.6) is 0 Å². The van der Waals surface area contributed by atoms with Crippen molar-refractivity contribution in [1.29, 1.82) is 0 Å². The fourth-order valence-corrected chi connectivity index (χ4v) is 8.77. The molecule has 0 amide bonds. The number of rotatable bonds is 5. The second kappa shape index (κ2) is 12.8. The predicted molar refractivity (Wildman–Crippen MR) is 238 cm³/mol. The van der Waals surface area contributed by atoms with Crippen LogP contribution in [0.4, 0.5) is 0 Å². The third kappa shape index (κ3) is 5.00. The maximum absolute atomic E-state index is 6.80. The zero-order valence-electron chi connectivity index (χ0n) is 31.2. The Kier molecular flexibility index (Phi) is 7.16. The number of furan rings is 1. The summed E-state index contributed by atoms with van der Waals surface area (Å²) in [5, 5.41) is 7.91. The molecule has 4 aromatic heterocycles. The summed E-state index contributed by atoms with van der Waals surface area (Å²) >= 11 is 0. The molecule has 0 aliphatic carbocycles. The van der Waals surface area contributed by atoms with Crippen LogP contribution in [0.3, 0.4) is 0 Å². The summed E-state index contributed by atoms with van der Waals surface area (Å²) in [6.07, 6.45) is 0. The van der Waals surface area contributed by atoms with Crippen molar-refractivity contribution in [3.8, 4) is 50.8 Å². The van der Waals surface area contributed by atoms with Crippen molar-refractivity contribution in [2.75, 3.05) is 0 Å². The van der Waals surface area contributed by atoms with Crippen LogP contribution in [0.1, 0.15) is 0 Å². The van der Waals surface area contributed by atoms with E-state index in [2.05, 4.69) is 187 Å². The Morgan fingerprint density at radius 2 is 0.948 bits per heavy atom. The number of hydrogen-bond acceptors (Lipinski definition) is 4. The summed E-state index contributed by atoms with van der Waals surface area (Å²) in [5.74, 6) is 0.634. The highest BCUT2D eigenvalue weighted by molar-refractivity contribution is 6.29. The molecule has 4 heterocycles. The monoisotopic (exact) mass is 740 g/mol. The van der Waals surface area contributed by atoms with Crippen LogP contribution in [0, 0.1) is 0 Å². The van der Waals surface area contributed by atoms with Crippen LogP contribution in [0.2, 0.25) is 0 Å². The van der Waals surface area contributed by atoms with Gasteiger partial charge < -0.3 is 4.42 Å². The standard InChI is InChI=1S/C53H32N4O/c1-3-14-34(15-4-1)44-32-45(56-53(55-44)57-46-24-11-8-18-38(46)39-19-9-12-25-47(39)57)35-28-26-33(27-29-35)37-21-13-22-42-50-48(58-52(37)42)31-30-41-49(50)40-20-7-10-23-43(40)54-51(41)36-16-5-2-6-17-36/h1-32H. The third-order valence-electron chi connectivity index (χ3n) is 11.4. The van der Waals surface area contributed by atoms with Gasteiger partial charge in [0.25, 0.3) is 0 Å². The number of pyridine rings is 1. The normalized spacial score (nSPS) is 11.8. The van der Waals surface area contributed by atoms with E-state index in [-0.39, 0.29) is 0 Å². The van der Waals surface area contributed by atoms with E-state index in [1.165, 1.54) is 10.8 Å². The Morgan fingerprint density at radius 1 is 0.379 bits per heavy atom. The second-order valence-electron chi connectivity index (χ2n) is 14.7. The smallest absolute Gasteiger partial charge is 0.235 e. The number of aromatic nitrogens is 4. The molecule has 0 unspecified atom stereocenters. The summed E-state index contributed by atoms with van der Waals surface area (Å²) in [7, 11) is 0. The molecule has 58 heavy (non-hydrogen) atoms. The molecule has 0 N–H and O–H groups in total. The molecule has 0 aliphatic rings. The van der Waals surface area contributed by atoms with E-state index in [1.807, 2.05) is 12.1 Å². The lowest BCUT2D eigenvalue weighted by molar-refractivity contribution is 0.670. The number of para-hydroxylation sites is 4. The maximum Gasteiger partial charge on any atom is 0.235 e. The average Bonchev–Trinajstić information content (AvgIpc) is 3.85. The molecule has 0 aliphatic heterocycles. The first-order valence-corrected chi connectivity index (χ1v) is 19.5. The lowest BCUT2D eigenvalue weighted by Gasteiger charge is -2.12. The minimum absolute atomic E-state index is 0.634. The molecule has 5 heteroatoms. The molecule has 5 nitrogen and oxygen atoms in total. The molecule has 270 valence electrons. The van der Waals surface area contributed by atoms with Gasteiger partial charge in [0.2, 0.25) is 5.95 Å². The first-order valence-electron chi connectivity index (χ1n) is 19.5. The van der Waals surface area contributed by atoms with Crippen molar-refractivity contribution >= 4 is 65.4 Å². The second-order valence-corrected chi connectivity index (χ2v) is 14.7. The highest BCUT2D eigenvalue weighted by Crippen LogP contribution is 2.44. The van der Waals surface area contributed by atoms with Gasteiger partial charge in [-0.1, -0.05) is 158 Å². The quantitative estimate of drug-likeness (QED) is 0.165. The number of hydrogen-bond donors (Lipinski definition) is 0. The fraction of sp³-hybridized carbons (Fsp3) is 0. The Balaban J connectivity index is 1.02. The van der Waals surface area contributed by atoms with E-state index in [9.17, 15) is 0 Å². The topological polar surface area (TPSA) is 56.7 Å². The van der Waals surface area contributed by atoms with E-state index in [0.29, 0.717) is 5.95 Å². The number of nitrogens with zero attached hydrogens (tertiary/aromatic N) is 4. The fourth-order valence-electron chi connectivity index (χ4n) is 8.77. The number of fused-ring (bicyclic) bond motifs is 10. The van der Waals surface area contributed by atoms with Gasteiger partial charge in [0.1, 0.15) is 11.2 Å². The molecule has 0 fully saturated rings. The van der Waals surface area contributed by atoms with Gasteiger partial charge >= 0.3 is 0 Å². The first kappa shape index (κ1) is 32.4. The SMILES string of the molecule is c1ccc(-c2cc(-c3ccc(-c4cccc5c4oc4ccc6c(-c7ccccc7)nc7ccccc7c6c45)cc3)nc(-n3c4ccccc4c4ccccc43)n2)cc1. The van der Waals surface area contributed by atoms with Gasteiger partial charge in [-0.25, -0.2) is 15.0 Å². The van der Waals surface area contributed by atoms with Crippen molar-refractivity contribution < 1.29 is 4.42 Å². The van der Waals surface area contributed by atoms with Crippen molar-refractivity contribution in [3.05, 3.63) is 194 Å². The predicted octanol–water partition coefficient (Wildman–Crippen LogP) is 13.8. The highest BCUT2D eigenvalue weighted by Gasteiger charge is 2.20. The summed E-state index contributed by atoms with van der Waals surface area (Å²) in [6, 6.07) is 67.6. The minimum Gasteiger partial charge on any atom is -0.455 e. The van der Waals surface area contributed by atoms with Gasteiger partial charge in [0, 0.05) is 60.0 Å². The Bertz CT molecular complexity index is 3500. The zero-order valence-corrected chi connectivity index (χ0v) is 31.2. The molecule has 0 atom stereocenters. The molecular formula is C53H32N4O. The van der Waals surface area contributed by atoms with E-state index < -0.39 is 0 Å². The summed E-state index contributed by atoms with van der Waals surface area (Å²) in [6.45, 7) is 0. The first-order chi connectivity index (χ1) is 28.8. The van der Waals surface area contributed by atoms with Gasteiger partial charge in [0.15, 0.2) is 0 Å². The summed E-state index contributed by atoms with van der Waals surface area (Å²) < 4.78 is 8.99. The third-order valence-corrected chi connectivity index (χ3v) is 11.4. The van der Waals surface area contributed by atoms with Crippen LogP contribution in [-0.2, 0) is 0 Å². The summed E-state index contributed by atoms with van der Waals surface area (Å²) in [5.41, 5.74) is 12.7. The maximum atomic E-state index is 6.80. The number of benzene rings is 8. The van der Waals surface area contributed by atoms with Crippen LogP contribution >= 0.6 is 0 Å². The van der Waals surface area contributed by atoms with Crippen molar-refractivity contribution in [1.82, 2.24) is 19.5 Å². The molecular weight excluding hydrogens is 709 g/mol. The molecule has 0 radical (unpaired) electrons. The van der Waals surface area contributed by atoms with Crippen LogP contribution in [-0.4, -0.2) is 19.5 Å². The Labute approximate surface area is 333 Å². The molecule has 0 saturated heterocycles. The van der Waals surface area contributed by atoms with E-state index >= 15 is 0 Å². The molecule has 12 aromatic rings. The van der Waals surface area contributed by atoms with E-state index in [4.69, 9.17) is 19.4 Å². The van der Waals surface area contributed by atoms with Crippen molar-refractivity contribution in [2.24, 2.45) is 0 Å². The van der Waals surface area contributed by atoms with Gasteiger partial charge in [-0.2, -0.15) is 0 Å². The van der Waals surface area contributed by atoms with Crippen LogP contribution < -0.4 is 0 Å². The van der Waals surface area contributed by atoms with Crippen molar-refractivity contribution in [2.45, 2.75) is 0 Å². The highest BCUT2D eigenvalue weighted by atomic mass is 16.3. The Morgan fingerprint density at radius 3 is 1.66 bits per heavy atom. The van der Waals surface area contributed by atoms with E-state index in [1.54, 1.807) is 0 Å². The van der Waals surface area contributed by atoms with Crippen LogP contribution in [0.15, 0.2) is 199 Å². The zero-order chi connectivity index (χ0) is 38.2. The van der Waals surface area contributed by atoms with E-state index in [0.717, 1.165) is 99.5 Å². The van der Waals surface area contributed by atoms with Gasteiger partial charge in [-0.15, -0.1) is 0 Å². The lowest BCUT2D eigenvalue weighted by atomic mass is 9.95. The lowest BCUT2D eigenvalue weighted by Crippen LogP contribution is -2.03. The molecule has 0 bridgehead atoms.